The molecule has 0 aliphatic carbocycles. The molecule has 0 radical (unpaired) electrons. The SMILES string of the molecule is COc1ccc(C(=O)N(Cc2ccccc2)C(C)C)cc1OC. The Labute approximate surface area is 137 Å². The largest absolute Gasteiger partial charge is 0.493 e. The van der Waals surface area contributed by atoms with Crippen LogP contribution in [0.15, 0.2) is 48.5 Å². The highest BCUT2D eigenvalue weighted by Crippen LogP contribution is 2.28. The Morgan fingerprint density at radius 3 is 2.22 bits per heavy atom. The van der Waals surface area contributed by atoms with Crippen LogP contribution in [0, 0.1) is 0 Å². The Morgan fingerprint density at radius 2 is 1.65 bits per heavy atom. The van der Waals surface area contributed by atoms with Crippen LogP contribution in [0.5, 0.6) is 11.5 Å². The average Bonchev–Trinajstić information content (AvgIpc) is 2.59. The molecule has 122 valence electrons. The van der Waals surface area contributed by atoms with E-state index in [0.717, 1.165) is 5.56 Å². The van der Waals surface area contributed by atoms with Gasteiger partial charge in [-0.3, -0.25) is 4.79 Å². The lowest BCUT2D eigenvalue weighted by Crippen LogP contribution is -2.36. The van der Waals surface area contributed by atoms with Gasteiger partial charge in [0, 0.05) is 18.2 Å². The Kier molecular flexibility index (Phi) is 5.63. The quantitative estimate of drug-likeness (QED) is 0.815. The standard InChI is InChI=1S/C19H23NO3/c1-14(2)20(13-15-8-6-5-7-9-15)19(21)16-10-11-17(22-3)18(12-16)23-4/h5-12,14H,13H2,1-4H3. The van der Waals surface area contributed by atoms with E-state index in [-0.39, 0.29) is 11.9 Å². The Balaban J connectivity index is 2.27. The average molecular weight is 313 g/mol. The van der Waals surface area contributed by atoms with E-state index in [4.69, 9.17) is 9.47 Å². The fraction of sp³-hybridized carbons (Fsp3) is 0.316. The second-order valence-electron chi connectivity index (χ2n) is 5.58. The fourth-order valence-electron chi connectivity index (χ4n) is 2.40. The third kappa shape index (κ3) is 4.03. The van der Waals surface area contributed by atoms with E-state index in [2.05, 4.69) is 0 Å². The molecule has 2 aromatic carbocycles. The van der Waals surface area contributed by atoms with Crippen molar-refractivity contribution in [1.29, 1.82) is 0 Å². The van der Waals surface area contributed by atoms with Gasteiger partial charge in [-0.15, -0.1) is 0 Å². The molecule has 0 saturated carbocycles. The third-order valence-corrected chi connectivity index (χ3v) is 3.71. The summed E-state index contributed by atoms with van der Waals surface area (Å²) in [5.41, 5.74) is 1.70. The second-order valence-corrected chi connectivity index (χ2v) is 5.58. The van der Waals surface area contributed by atoms with E-state index in [1.807, 2.05) is 49.1 Å². The number of hydrogen-bond donors (Lipinski definition) is 0. The molecular formula is C19H23NO3. The first-order valence-electron chi connectivity index (χ1n) is 7.63. The van der Waals surface area contributed by atoms with E-state index < -0.39 is 0 Å². The predicted molar refractivity (Wildman–Crippen MR) is 91.0 cm³/mol. The van der Waals surface area contributed by atoms with Gasteiger partial charge in [0.2, 0.25) is 0 Å². The van der Waals surface area contributed by atoms with Gasteiger partial charge in [0.1, 0.15) is 0 Å². The van der Waals surface area contributed by atoms with E-state index >= 15 is 0 Å². The molecule has 0 bridgehead atoms. The number of nitrogens with zero attached hydrogens (tertiary/aromatic N) is 1. The molecule has 0 N–H and O–H groups in total. The lowest BCUT2D eigenvalue weighted by atomic mass is 10.1. The molecule has 23 heavy (non-hydrogen) atoms. The van der Waals surface area contributed by atoms with Crippen molar-refractivity contribution in [2.45, 2.75) is 26.4 Å². The molecule has 2 rings (SSSR count). The van der Waals surface area contributed by atoms with Gasteiger partial charge in [0.15, 0.2) is 11.5 Å². The van der Waals surface area contributed by atoms with Gasteiger partial charge < -0.3 is 14.4 Å². The monoisotopic (exact) mass is 313 g/mol. The van der Waals surface area contributed by atoms with Crippen molar-refractivity contribution in [1.82, 2.24) is 4.90 Å². The van der Waals surface area contributed by atoms with Gasteiger partial charge in [0.25, 0.3) is 5.91 Å². The molecule has 2 aromatic rings. The summed E-state index contributed by atoms with van der Waals surface area (Å²) < 4.78 is 10.5. The zero-order valence-electron chi connectivity index (χ0n) is 14.1. The van der Waals surface area contributed by atoms with Gasteiger partial charge in [-0.1, -0.05) is 30.3 Å². The molecule has 0 unspecified atom stereocenters. The molecule has 0 atom stereocenters. The summed E-state index contributed by atoms with van der Waals surface area (Å²) in [4.78, 5) is 14.7. The predicted octanol–water partition coefficient (Wildman–Crippen LogP) is 3.75. The van der Waals surface area contributed by atoms with Crippen molar-refractivity contribution in [3.05, 3.63) is 59.7 Å². The number of benzene rings is 2. The molecule has 0 aliphatic heterocycles. The first-order chi connectivity index (χ1) is 11.1. The molecule has 0 aliphatic rings. The number of methoxy groups -OCH3 is 2. The molecule has 0 saturated heterocycles. The minimum Gasteiger partial charge on any atom is -0.493 e. The molecule has 0 heterocycles. The lowest BCUT2D eigenvalue weighted by Gasteiger charge is -2.27. The summed E-state index contributed by atoms with van der Waals surface area (Å²) in [6.45, 7) is 4.61. The zero-order valence-corrected chi connectivity index (χ0v) is 14.1. The van der Waals surface area contributed by atoms with Gasteiger partial charge >= 0.3 is 0 Å². The van der Waals surface area contributed by atoms with Crippen LogP contribution in [0.3, 0.4) is 0 Å². The van der Waals surface area contributed by atoms with E-state index in [9.17, 15) is 4.79 Å². The summed E-state index contributed by atoms with van der Waals surface area (Å²) in [6.07, 6.45) is 0. The van der Waals surface area contributed by atoms with Crippen LogP contribution < -0.4 is 9.47 Å². The molecule has 0 fully saturated rings. The number of carbonyl (C=O) groups is 1. The molecule has 0 spiro atoms. The Hall–Kier alpha value is -2.49. The maximum atomic E-state index is 12.9. The van der Waals surface area contributed by atoms with Crippen LogP contribution in [-0.2, 0) is 6.54 Å². The van der Waals surface area contributed by atoms with Gasteiger partial charge in [-0.25, -0.2) is 0 Å². The molecule has 4 heteroatoms. The number of hydrogen-bond acceptors (Lipinski definition) is 3. The maximum absolute atomic E-state index is 12.9. The van der Waals surface area contributed by atoms with Crippen LogP contribution in [-0.4, -0.2) is 31.1 Å². The smallest absolute Gasteiger partial charge is 0.254 e. The number of amides is 1. The van der Waals surface area contributed by atoms with Crippen LogP contribution >= 0.6 is 0 Å². The fourth-order valence-corrected chi connectivity index (χ4v) is 2.40. The summed E-state index contributed by atoms with van der Waals surface area (Å²) in [7, 11) is 3.14. The molecule has 1 amide bonds. The maximum Gasteiger partial charge on any atom is 0.254 e. The zero-order chi connectivity index (χ0) is 16.8. The summed E-state index contributed by atoms with van der Waals surface area (Å²) in [6, 6.07) is 15.3. The van der Waals surface area contributed by atoms with E-state index in [1.165, 1.54) is 0 Å². The topological polar surface area (TPSA) is 38.8 Å². The van der Waals surface area contributed by atoms with Gasteiger partial charge in [-0.2, -0.15) is 0 Å². The van der Waals surface area contributed by atoms with Crippen molar-refractivity contribution in [3.63, 3.8) is 0 Å². The highest BCUT2D eigenvalue weighted by molar-refractivity contribution is 5.95. The molecular weight excluding hydrogens is 290 g/mol. The van der Waals surface area contributed by atoms with Gasteiger partial charge in [0.05, 0.1) is 14.2 Å². The highest BCUT2D eigenvalue weighted by atomic mass is 16.5. The number of ether oxygens (including phenoxy) is 2. The van der Waals surface area contributed by atoms with Crippen molar-refractivity contribution in [2.24, 2.45) is 0 Å². The van der Waals surface area contributed by atoms with E-state index in [0.29, 0.717) is 23.6 Å². The highest BCUT2D eigenvalue weighted by Gasteiger charge is 2.20. The lowest BCUT2D eigenvalue weighted by molar-refractivity contribution is 0.0690. The molecule has 4 nitrogen and oxygen atoms in total. The van der Waals surface area contributed by atoms with E-state index in [1.54, 1.807) is 32.4 Å². The second kappa shape index (κ2) is 7.68. The Bertz CT molecular complexity index is 653. The third-order valence-electron chi connectivity index (χ3n) is 3.71. The van der Waals surface area contributed by atoms with Crippen molar-refractivity contribution in [3.8, 4) is 11.5 Å². The van der Waals surface area contributed by atoms with Crippen molar-refractivity contribution in [2.75, 3.05) is 14.2 Å². The summed E-state index contributed by atoms with van der Waals surface area (Å²) >= 11 is 0. The van der Waals surface area contributed by atoms with Crippen molar-refractivity contribution >= 4 is 5.91 Å². The minimum atomic E-state index is -0.0233. The first-order valence-corrected chi connectivity index (χ1v) is 7.63. The van der Waals surface area contributed by atoms with Crippen LogP contribution in [0.25, 0.3) is 0 Å². The number of rotatable bonds is 6. The van der Waals surface area contributed by atoms with Crippen LogP contribution in [0.4, 0.5) is 0 Å². The normalized spacial score (nSPS) is 10.5. The Morgan fingerprint density at radius 1 is 1.00 bits per heavy atom. The van der Waals surface area contributed by atoms with Crippen molar-refractivity contribution < 1.29 is 14.3 Å². The summed E-state index contributed by atoms with van der Waals surface area (Å²) in [5.74, 6) is 1.15. The summed E-state index contributed by atoms with van der Waals surface area (Å²) in [5, 5.41) is 0. The minimum absolute atomic E-state index is 0.0233. The van der Waals surface area contributed by atoms with Crippen LogP contribution in [0.1, 0.15) is 29.8 Å². The molecule has 0 aromatic heterocycles. The van der Waals surface area contributed by atoms with Crippen LogP contribution in [0.2, 0.25) is 0 Å². The number of carbonyl (C=O) groups excluding carboxylic acids is 1. The first kappa shape index (κ1) is 16.9. The van der Waals surface area contributed by atoms with Gasteiger partial charge in [-0.05, 0) is 37.6 Å².